The second-order valence-electron chi connectivity index (χ2n) is 10.3. The number of nitrogens with one attached hydrogen (secondary N) is 2. The molecule has 10 nitrogen and oxygen atoms in total. The number of rotatable bonds is 12. The van der Waals surface area contributed by atoms with E-state index < -0.39 is 0 Å². The fraction of sp³-hybridized carbons (Fsp3) is 0.593. The van der Waals surface area contributed by atoms with E-state index in [1.54, 1.807) is 14.2 Å². The largest absolute Gasteiger partial charge is 0.496 e. The Morgan fingerprint density at radius 1 is 1.16 bits per heavy atom. The number of tetrazole rings is 1. The van der Waals surface area contributed by atoms with Gasteiger partial charge in [0.1, 0.15) is 17.3 Å². The topological polar surface area (TPSA) is 120 Å². The molecule has 3 aromatic rings. The third kappa shape index (κ3) is 6.87. The van der Waals surface area contributed by atoms with E-state index in [0.717, 1.165) is 30.0 Å². The lowest BCUT2D eigenvalue weighted by Gasteiger charge is -2.24. The second-order valence-corrected chi connectivity index (χ2v) is 10.3. The summed E-state index contributed by atoms with van der Waals surface area (Å²) in [7, 11) is 3.26. The number of hydrogen-bond donors (Lipinski definition) is 2. The van der Waals surface area contributed by atoms with E-state index in [1.165, 1.54) is 32.1 Å². The van der Waals surface area contributed by atoms with Crippen LogP contribution < -0.4 is 14.8 Å². The summed E-state index contributed by atoms with van der Waals surface area (Å²) in [5.74, 6) is 2.84. The molecule has 2 aromatic heterocycles. The van der Waals surface area contributed by atoms with E-state index in [4.69, 9.17) is 14.6 Å². The molecule has 0 bridgehead atoms. The van der Waals surface area contributed by atoms with Gasteiger partial charge in [-0.2, -0.15) is 5.10 Å². The molecule has 0 unspecified atom stereocenters. The number of aromatic nitrogens is 6. The standard InChI is InChI=1S/C27H39N7O3/c1-18(2)17-34-22(26-23(36-3)11-8-12-24(26)37-4)16-21(31-34)27(35)28-20(15-25-29-32-33-30-25)14-13-19-9-6-5-7-10-19/h8,11-12,16,18-20H,5-7,9-10,13-15,17H2,1-4H3,(H,28,35)(H,29,30,32,33)/t20-/m0/s1. The van der Waals surface area contributed by atoms with Gasteiger partial charge in [-0.15, -0.1) is 5.10 Å². The molecular formula is C27H39N7O3. The summed E-state index contributed by atoms with van der Waals surface area (Å²) in [5.41, 5.74) is 1.93. The maximum atomic E-state index is 13.5. The van der Waals surface area contributed by atoms with Crippen LogP contribution in [0.1, 0.15) is 75.1 Å². The average Bonchev–Trinajstić information content (AvgIpc) is 3.57. The summed E-state index contributed by atoms with van der Waals surface area (Å²) in [6.45, 7) is 4.90. The number of carbonyl (C=O) groups excluding carboxylic acids is 1. The second kappa shape index (κ2) is 12.7. The monoisotopic (exact) mass is 509 g/mol. The Bertz CT molecular complexity index is 1110. The summed E-state index contributed by atoms with van der Waals surface area (Å²) in [6.07, 6.45) is 8.98. The van der Waals surface area contributed by atoms with Crippen molar-refractivity contribution >= 4 is 5.91 Å². The molecule has 0 radical (unpaired) electrons. The smallest absolute Gasteiger partial charge is 0.272 e. The molecule has 2 N–H and O–H groups in total. The number of carbonyl (C=O) groups is 1. The minimum absolute atomic E-state index is 0.0938. The predicted octanol–water partition coefficient (Wildman–Crippen LogP) is 4.44. The molecular weight excluding hydrogens is 470 g/mol. The summed E-state index contributed by atoms with van der Waals surface area (Å²) >= 11 is 0. The van der Waals surface area contributed by atoms with E-state index in [9.17, 15) is 4.79 Å². The Hall–Kier alpha value is -3.43. The molecule has 2 heterocycles. The Morgan fingerprint density at radius 3 is 2.51 bits per heavy atom. The van der Waals surface area contributed by atoms with Crippen molar-refractivity contribution < 1.29 is 14.3 Å². The van der Waals surface area contributed by atoms with Crippen molar-refractivity contribution in [3.63, 3.8) is 0 Å². The van der Waals surface area contributed by atoms with Crippen LogP contribution in [0.5, 0.6) is 11.5 Å². The molecule has 0 spiro atoms. The number of benzene rings is 1. The average molecular weight is 510 g/mol. The van der Waals surface area contributed by atoms with Gasteiger partial charge >= 0.3 is 0 Å². The van der Waals surface area contributed by atoms with Gasteiger partial charge in [-0.1, -0.05) is 52.0 Å². The number of methoxy groups -OCH3 is 2. The van der Waals surface area contributed by atoms with E-state index in [-0.39, 0.29) is 11.9 Å². The summed E-state index contributed by atoms with van der Waals surface area (Å²) in [5, 5.41) is 22.2. The third-order valence-corrected chi connectivity index (χ3v) is 7.05. The van der Waals surface area contributed by atoms with Gasteiger partial charge in [0, 0.05) is 19.0 Å². The Balaban J connectivity index is 1.58. The number of H-pyrrole nitrogens is 1. The Kier molecular flexibility index (Phi) is 9.14. The molecule has 200 valence electrons. The van der Waals surface area contributed by atoms with Gasteiger partial charge in [-0.3, -0.25) is 9.48 Å². The highest BCUT2D eigenvalue weighted by molar-refractivity contribution is 5.94. The molecule has 1 atom stereocenters. The molecule has 1 aromatic carbocycles. The Labute approximate surface area is 218 Å². The van der Waals surface area contributed by atoms with Crippen LogP contribution >= 0.6 is 0 Å². The van der Waals surface area contributed by atoms with Crippen LogP contribution in [0.25, 0.3) is 11.3 Å². The third-order valence-electron chi connectivity index (χ3n) is 7.05. The van der Waals surface area contributed by atoms with Crippen LogP contribution in [0.4, 0.5) is 0 Å². The molecule has 1 aliphatic rings. The van der Waals surface area contributed by atoms with Gasteiger partial charge in [-0.25, -0.2) is 5.10 Å². The highest BCUT2D eigenvalue weighted by Crippen LogP contribution is 2.39. The fourth-order valence-corrected chi connectivity index (χ4v) is 5.21. The van der Waals surface area contributed by atoms with Crippen molar-refractivity contribution in [2.75, 3.05) is 14.2 Å². The molecule has 37 heavy (non-hydrogen) atoms. The van der Waals surface area contributed by atoms with Crippen molar-refractivity contribution in [1.29, 1.82) is 0 Å². The quantitative estimate of drug-likeness (QED) is 0.370. The lowest BCUT2D eigenvalue weighted by molar-refractivity contribution is 0.0926. The van der Waals surface area contributed by atoms with Crippen LogP contribution in [-0.2, 0) is 13.0 Å². The first-order chi connectivity index (χ1) is 18.0. The van der Waals surface area contributed by atoms with Crippen molar-refractivity contribution in [1.82, 2.24) is 35.7 Å². The van der Waals surface area contributed by atoms with E-state index >= 15 is 0 Å². The van der Waals surface area contributed by atoms with Crippen molar-refractivity contribution in [3.05, 3.63) is 35.8 Å². The summed E-state index contributed by atoms with van der Waals surface area (Å²) in [6, 6.07) is 7.39. The van der Waals surface area contributed by atoms with E-state index in [1.807, 2.05) is 28.9 Å². The van der Waals surface area contributed by atoms with E-state index in [2.05, 4.69) is 39.8 Å². The molecule has 0 saturated heterocycles. The van der Waals surface area contributed by atoms with E-state index in [0.29, 0.717) is 41.9 Å². The van der Waals surface area contributed by atoms with Crippen LogP contribution in [0.2, 0.25) is 0 Å². The normalized spacial score (nSPS) is 15.1. The van der Waals surface area contributed by atoms with Crippen LogP contribution in [0.3, 0.4) is 0 Å². The lowest BCUT2D eigenvalue weighted by atomic mass is 9.85. The molecule has 1 aliphatic carbocycles. The molecule has 1 amide bonds. The summed E-state index contributed by atoms with van der Waals surface area (Å²) in [4.78, 5) is 13.5. The van der Waals surface area contributed by atoms with Gasteiger partial charge in [-0.05, 0) is 53.3 Å². The number of amides is 1. The molecule has 10 heteroatoms. The maximum Gasteiger partial charge on any atom is 0.272 e. The van der Waals surface area contributed by atoms with Gasteiger partial charge in [0.15, 0.2) is 5.69 Å². The lowest BCUT2D eigenvalue weighted by Crippen LogP contribution is -2.37. The molecule has 1 saturated carbocycles. The number of hydrogen-bond acceptors (Lipinski definition) is 7. The zero-order valence-corrected chi connectivity index (χ0v) is 22.4. The predicted molar refractivity (Wildman–Crippen MR) is 141 cm³/mol. The first kappa shape index (κ1) is 26.6. The maximum absolute atomic E-state index is 13.5. The first-order valence-corrected chi connectivity index (χ1v) is 13.3. The minimum atomic E-state index is -0.210. The van der Waals surface area contributed by atoms with Gasteiger partial charge in [0.2, 0.25) is 0 Å². The molecule has 0 aliphatic heterocycles. The number of ether oxygens (including phenoxy) is 2. The number of aromatic amines is 1. The van der Waals surface area contributed by atoms with Gasteiger partial charge in [0.25, 0.3) is 5.91 Å². The van der Waals surface area contributed by atoms with Gasteiger partial charge in [0.05, 0.1) is 25.5 Å². The highest BCUT2D eigenvalue weighted by atomic mass is 16.5. The van der Waals surface area contributed by atoms with Crippen molar-refractivity contribution in [2.24, 2.45) is 11.8 Å². The van der Waals surface area contributed by atoms with Crippen LogP contribution in [0.15, 0.2) is 24.3 Å². The minimum Gasteiger partial charge on any atom is -0.496 e. The zero-order chi connectivity index (χ0) is 26.2. The van der Waals surface area contributed by atoms with Crippen LogP contribution in [0, 0.1) is 11.8 Å². The Morgan fingerprint density at radius 2 is 1.89 bits per heavy atom. The molecule has 4 rings (SSSR count). The fourth-order valence-electron chi connectivity index (χ4n) is 5.21. The SMILES string of the molecule is COc1cccc(OC)c1-c1cc(C(=O)N[C@@H](CCC2CCCCC2)Cc2nnn[nH]2)nn1CC(C)C. The zero-order valence-electron chi connectivity index (χ0n) is 22.4. The highest BCUT2D eigenvalue weighted by Gasteiger charge is 2.24. The van der Waals surface area contributed by atoms with Crippen molar-refractivity contribution in [2.45, 2.75) is 77.8 Å². The van der Waals surface area contributed by atoms with Crippen molar-refractivity contribution in [3.8, 4) is 22.8 Å². The number of nitrogens with zero attached hydrogens (tertiary/aromatic N) is 5. The molecule has 1 fully saturated rings. The van der Waals surface area contributed by atoms with Crippen LogP contribution in [-0.4, -0.2) is 56.6 Å². The summed E-state index contributed by atoms with van der Waals surface area (Å²) < 4.78 is 13.2. The van der Waals surface area contributed by atoms with Gasteiger partial charge < -0.3 is 14.8 Å². The first-order valence-electron chi connectivity index (χ1n) is 13.3.